The first kappa shape index (κ1) is 23.3. The maximum Gasteiger partial charge on any atom is 0.412 e. The molecule has 2 amide bonds. The van der Waals surface area contributed by atoms with Gasteiger partial charge >= 0.3 is 6.09 Å². The van der Waals surface area contributed by atoms with Crippen molar-refractivity contribution in [1.82, 2.24) is 5.48 Å². The highest BCUT2D eigenvalue weighted by Crippen LogP contribution is 2.42. The standard InChI is InChI=1S/C24H23BrN2O5/c1-24(2,14-13-21(29)27-31)22(32-23(30)26-16-9-7-15(25)8-10-16)19-11-12-20(28)18-6-4-3-5-17(18)19/h3-14,22,28,31H,1-2H3,(H,26,30)(H,27,29)/b14-13+/t22-/m0/s1. The number of phenols is 1. The van der Waals surface area contributed by atoms with Crippen LogP contribution in [-0.2, 0) is 9.53 Å². The number of benzene rings is 3. The van der Waals surface area contributed by atoms with Crippen LogP contribution in [0.4, 0.5) is 10.5 Å². The average molecular weight is 499 g/mol. The zero-order chi connectivity index (χ0) is 23.3. The molecular formula is C24H23BrN2O5. The van der Waals surface area contributed by atoms with Gasteiger partial charge in [0, 0.05) is 32.6 Å². The number of hydrogen-bond donors (Lipinski definition) is 4. The molecule has 32 heavy (non-hydrogen) atoms. The monoisotopic (exact) mass is 498 g/mol. The lowest BCUT2D eigenvalue weighted by Crippen LogP contribution is -2.28. The molecule has 0 aliphatic heterocycles. The number of rotatable bonds is 6. The van der Waals surface area contributed by atoms with E-state index in [1.807, 2.05) is 12.1 Å². The first-order valence-electron chi connectivity index (χ1n) is 9.78. The normalized spacial score (nSPS) is 12.5. The van der Waals surface area contributed by atoms with Crippen LogP contribution in [0.2, 0.25) is 0 Å². The second kappa shape index (κ2) is 9.84. The third-order valence-corrected chi connectivity index (χ3v) is 5.51. The van der Waals surface area contributed by atoms with E-state index in [4.69, 9.17) is 9.94 Å². The predicted octanol–water partition coefficient (Wildman–Crippen LogP) is 5.69. The number of carbonyl (C=O) groups excluding carboxylic acids is 2. The Balaban J connectivity index is 2.01. The Morgan fingerprint density at radius 1 is 1.03 bits per heavy atom. The van der Waals surface area contributed by atoms with Gasteiger partial charge in [0.25, 0.3) is 5.91 Å². The zero-order valence-corrected chi connectivity index (χ0v) is 19.1. The molecule has 3 aromatic rings. The number of phenolic OH excluding ortho intramolecular Hbond substituents is 1. The zero-order valence-electron chi connectivity index (χ0n) is 17.5. The summed E-state index contributed by atoms with van der Waals surface area (Å²) in [7, 11) is 0. The molecule has 0 saturated carbocycles. The highest BCUT2D eigenvalue weighted by molar-refractivity contribution is 9.10. The SMILES string of the molecule is CC(C)(/C=C/C(=O)NO)[C@@H](OC(=O)Nc1ccc(Br)cc1)c1ccc(O)c2ccccc12. The smallest absolute Gasteiger partial charge is 0.412 e. The molecule has 0 aliphatic carbocycles. The van der Waals surface area contributed by atoms with E-state index in [0.29, 0.717) is 22.0 Å². The number of amides is 2. The molecule has 8 heteroatoms. The molecule has 0 unspecified atom stereocenters. The Hall–Kier alpha value is -3.36. The number of ether oxygens (including phenoxy) is 1. The molecule has 0 spiro atoms. The molecule has 0 heterocycles. The molecule has 0 aromatic heterocycles. The number of fused-ring (bicyclic) bond motifs is 1. The summed E-state index contributed by atoms with van der Waals surface area (Å²) in [4.78, 5) is 24.3. The van der Waals surface area contributed by atoms with Crippen molar-refractivity contribution < 1.29 is 24.6 Å². The Labute approximate surface area is 193 Å². The van der Waals surface area contributed by atoms with Gasteiger partial charge in [0.2, 0.25) is 0 Å². The van der Waals surface area contributed by atoms with Gasteiger partial charge in [-0.3, -0.25) is 15.3 Å². The van der Waals surface area contributed by atoms with E-state index >= 15 is 0 Å². The molecule has 0 bridgehead atoms. The van der Waals surface area contributed by atoms with Gasteiger partial charge in [-0.2, -0.15) is 0 Å². The molecular weight excluding hydrogens is 476 g/mol. The fourth-order valence-electron chi connectivity index (χ4n) is 3.35. The minimum atomic E-state index is -0.858. The molecule has 0 saturated heterocycles. The van der Waals surface area contributed by atoms with Gasteiger partial charge in [-0.15, -0.1) is 0 Å². The van der Waals surface area contributed by atoms with E-state index in [0.717, 1.165) is 4.47 Å². The average Bonchev–Trinajstić information content (AvgIpc) is 2.78. The van der Waals surface area contributed by atoms with Crippen LogP contribution in [0.25, 0.3) is 10.8 Å². The minimum absolute atomic E-state index is 0.107. The summed E-state index contributed by atoms with van der Waals surface area (Å²) >= 11 is 3.35. The summed E-state index contributed by atoms with van der Waals surface area (Å²) in [6.07, 6.45) is 1.22. The Bertz CT molecular complexity index is 1160. The summed E-state index contributed by atoms with van der Waals surface area (Å²) in [5, 5.41) is 23.1. The molecule has 0 fully saturated rings. The molecule has 3 aromatic carbocycles. The van der Waals surface area contributed by atoms with Crippen molar-refractivity contribution in [2.45, 2.75) is 20.0 Å². The number of aromatic hydroxyl groups is 1. The van der Waals surface area contributed by atoms with Crippen LogP contribution in [0.15, 0.2) is 77.3 Å². The van der Waals surface area contributed by atoms with E-state index in [2.05, 4.69) is 21.2 Å². The maximum absolute atomic E-state index is 12.8. The van der Waals surface area contributed by atoms with Gasteiger partial charge in [-0.25, -0.2) is 10.3 Å². The molecule has 1 atom stereocenters. The summed E-state index contributed by atoms with van der Waals surface area (Å²) in [6.45, 7) is 3.60. The number of hydroxylamine groups is 1. The Kier molecular flexibility index (Phi) is 7.17. The highest BCUT2D eigenvalue weighted by Gasteiger charge is 2.34. The lowest BCUT2D eigenvalue weighted by molar-refractivity contribution is -0.124. The second-order valence-corrected chi connectivity index (χ2v) is 8.68. The van der Waals surface area contributed by atoms with Gasteiger partial charge in [0.05, 0.1) is 0 Å². The van der Waals surface area contributed by atoms with Gasteiger partial charge in [-0.05, 0) is 35.7 Å². The largest absolute Gasteiger partial charge is 0.507 e. The summed E-state index contributed by atoms with van der Waals surface area (Å²) in [5.74, 6) is -0.595. The number of nitrogens with one attached hydrogen (secondary N) is 2. The molecule has 166 valence electrons. The quantitative estimate of drug-likeness (QED) is 0.198. The van der Waals surface area contributed by atoms with E-state index in [1.54, 1.807) is 73.9 Å². The van der Waals surface area contributed by atoms with Gasteiger partial charge in [0.15, 0.2) is 0 Å². The minimum Gasteiger partial charge on any atom is -0.507 e. The molecule has 7 nitrogen and oxygen atoms in total. The van der Waals surface area contributed by atoms with Crippen LogP contribution in [0.5, 0.6) is 5.75 Å². The lowest BCUT2D eigenvalue weighted by atomic mass is 9.80. The second-order valence-electron chi connectivity index (χ2n) is 7.77. The summed E-state index contributed by atoms with van der Waals surface area (Å²) in [5.41, 5.74) is 1.90. The first-order valence-corrected chi connectivity index (χ1v) is 10.6. The number of halogens is 1. The van der Waals surface area contributed by atoms with Crippen LogP contribution in [0.1, 0.15) is 25.5 Å². The Morgan fingerprint density at radius 2 is 1.69 bits per heavy atom. The van der Waals surface area contributed by atoms with E-state index in [-0.39, 0.29) is 5.75 Å². The van der Waals surface area contributed by atoms with Crippen LogP contribution in [0.3, 0.4) is 0 Å². The highest BCUT2D eigenvalue weighted by atomic mass is 79.9. The van der Waals surface area contributed by atoms with Gasteiger partial charge in [-0.1, -0.05) is 66.2 Å². The van der Waals surface area contributed by atoms with Crippen LogP contribution >= 0.6 is 15.9 Å². The van der Waals surface area contributed by atoms with Crippen molar-refractivity contribution in [3.63, 3.8) is 0 Å². The summed E-state index contributed by atoms with van der Waals surface area (Å²) in [6, 6.07) is 17.5. The maximum atomic E-state index is 12.8. The van der Waals surface area contributed by atoms with Gasteiger partial charge in [0.1, 0.15) is 11.9 Å². The number of carbonyl (C=O) groups is 2. The topological polar surface area (TPSA) is 108 Å². The molecule has 0 radical (unpaired) electrons. The predicted molar refractivity (Wildman–Crippen MR) is 125 cm³/mol. The fraction of sp³-hybridized carbons (Fsp3) is 0.167. The van der Waals surface area contributed by atoms with Crippen molar-refractivity contribution in [2.75, 3.05) is 5.32 Å². The van der Waals surface area contributed by atoms with Crippen molar-refractivity contribution in [2.24, 2.45) is 5.41 Å². The number of hydrogen-bond acceptors (Lipinski definition) is 5. The van der Waals surface area contributed by atoms with Crippen LogP contribution in [-0.4, -0.2) is 22.3 Å². The molecule has 0 aliphatic rings. The lowest BCUT2D eigenvalue weighted by Gasteiger charge is -2.32. The fourth-order valence-corrected chi connectivity index (χ4v) is 3.62. The number of anilines is 1. The third kappa shape index (κ3) is 5.46. The van der Waals surface area contributed by atoms with E-state index in [9.17, 15) is 14.7 Å². The van der Waals surface area contributed by atoms with Crippen LogP contribution < -0.4 is 10.8 Å². The van der Waals surface area contributed by atoms with E-state index < -0.39 is 23.5 Å². The van der Waals surface area contributed by atoms with Crippen molar-refractivity contribution in [3.8, 4) is 5.75 Å². The van der Waals surface area contributed by atoms with Crippen LogP contribution in [0, 0.1) is 5.41 Å². The van der Waals surface area contributed by atoms with E-state index in [1.165, 1.54) is 6.08 Å². The Morgan fingerprint density at radius 3 is 2.34 bits per heavy atom. The molecule has 4 N–H and O–H groups in total. The van der Waals surface area contributed by atoms with Crippen molar-refractivity contribution in [3.05, 3.63) is 82.9 Å². The summed E-state index contributed by atoms with van der Waals surface area (Å²) < 4.78 is 6.73. The van der Waals surface area contributed by atoms with Crippen molar-refractivity contribution >= 4 is 44.4 Å². The third-order valence-electron chi connectivity index (χ3n) is 4.98. The van der Waals surface area contributed by atoms with Gasteiger partial charge < -0.3 is 9.84 Å². The van der Waals surface area contributed by atoms with Crippen molar-refractivity contribution in [1.29, 1.82) is 0 Å². The first-order chi connectivity index (χ1) is 15.2. The molecule has 3 rings (SSSR count).